The number of carboxylic acids is 1. The molecule has 0 spiro atoms. The van der Waals surface area contributed by atoms with Gasteiger partial charge in [-0.05, 0) is 51.1 Å². The molecule has 5 heteroatoms. The second-order valence-electron chi connectivity index (χ2n) is 3.51. The molecule has 0 aliphatic carbocycles. The zero-order valence-electron chi connectivity index (χ0n) is 9.06. The Hall–Kier alpha value is -1.10. The lowest BCUT2D eigenvalue weighted by molar-refractivity contribution is -0.130. The molecule has 0 radical (unpaired) electrons. The van der Waals surface area contributed by atoms with Crippen LogP contribution in [0.1, 0.15) is 10.4 Å². The lowest BCUT2D eigenvalue weighted by atomic mass is 10.1. The second-order valence-corrected chi connectivity index (χ2v) is 5.72. The van der Waals surface area contributed by atoms with Crippen LogP contribution in [0, 0.1) is 0 Å². The third-order valence-corrected chi connectivity index (χ3v) is 4.41. The van der Waals surface area contributed by atoms with Crippen LogP contribution >= 0.6 is 38.9 Å². The highest BCUT2D eigenvalue weighted by molar-refractivity contribution is 9.10. The maximum Gasteiger partial charge on any atom is 0.337 e. The molecule has 1 aromatic carbocycles. The van der Waals surface area contributed by atoms with E-state index in [4.69, 9.17) is 11.6 Å². The van der Waals surface area contributed by atoms with E-state index in [-0.39, 0.29) is 5.57 Å². The van der Waals surface area contributed by atoms with E-state index in [1.165, 1.54) is 11.3 Å². The van der Waals surface area contributed by atoms with E-state index in [0.29, 0.717) is 5.02 Å². The zero-order valence-corrected chi connectivity index (χ0v) is 12.2. The number of carbonyl (C=O) groups is 1. The highest BCUT2D eigenvalue weighted by atomic mass is 79.9. The highest BCUT2D eigenvalue weighted by Gasteiger charge is 2.11. The van der Waals surface area contributed by atoms with Gasteiger partial charge in [-0.1, -0.05) is 23.7 Å². The molecule has 92 valence electrons. The monoisotopic (exact) mass is 342 g/mol. The topological polar surface area (TPSA) is 37.3 Å². The third-order valence-electron chi connectivity index (χ3n) is 2.27. The van der Waals surface area contributed by atoms with Crippen molar-refractivity contribution in [3.05, 3.63) is 55.6 Å². The number of benzene rings is 1. The molecule has 2 rings (SSSR count). The molecule has 2 aromatic rings. The van der Waals surface area contributed by atoms with Gasteiger partial charge >= 0.3 is 5.97 Å². The van der Waals surface area contributed by atoms with Gasteiger partial charge in [0.15, 0.2) is 0 Å². The van der Waals surface area contributed by atoms with Crippen molar-refractivity contribution in [1.29, 1.82) is 0 Å². The Bertz CT molecular complexity index is 605. The van der Waals surface area contributed by atoms with Crippen molar-refractivity contribution in [2.45, 2.75) is 0 Å². The standard InChI is InChI=1S/C13H8BrClO2S/c14-10-4-3-8(7-11(10)15)6-9(13(16)17)12-2-1-5-18-12/h1-7H,(H,16,17)/b9-6+. The van der Waals surface area contributed by atoms with Crippen LogP contribution in [0.15, 0.2) is 40.2 Å². The van der Waals surface area contributed by atoms with Crippen LogP contribution in [0.4, 0.5) is 0 Å². The number of carboxylic acid groups (broad SMARTS) is 1. The molecule has 18 heavy (non-hydrogen) atoms. The Morgan fingerprint density at radius 2 is 2.17 bits per heavy atom. The summed E-state index contributed by atoms with van der Waals surface area (Å²) in [5.74, 6) is -0.948. The third kappa shape index (κ3) is 3.02. The Kier molecular flexibility index (Phi) is 4.22. The summed E-state index contributed by atoms with van der Waals surface area (Å²) in [5.41, 5.74) is 1.03. The molecule has 0 amide bonds. The summed E-state index contributed by atoms with van der Waals surface area (Å²) in [7, 11) is 0. The maximum absolute atomic E-state index is 11.3. The SMILES string of the molecule is O=C(O)/C(=C/c1ccc(Br)c(Cl)c1)c1cccs1. The number of hydrogen-bond donors (Lipinski definition) is 1. The first-order valence-electron chi connectivity index (χ1n) is 5.02. The Balaban J connectivity index is 2.45. The minimum atomic E-state index is -0.948. The molecule has 0 aliphatic heterocycles. The Labute approximate surface area is 122 Å². The predicted octanol–water partition coefficient (Wildman–Crippen LogP) is 4.79. The van der Waals surface area contributed by atoms with Gasteiger partial charge in [0, 0.05) is 9.35 Å². The van der Waals surface area contributed by atoms with Gasteiger partial charge in [0.1, 0.15) is 0 Å². The first-order valence-corrected chi connectivity index (χ1v) is 7.07. The largest absolute Gasteiger partial charge is 0.478 e. The lowest BCUT2D eigenvalue weighted by Gasteiger charge is -2.01. The van der Waals surface area contributed by atoms with Crippen molar-refractivity contribution >= 4 is 56.5 Å². The Morgan fingerprint density at radius 3 is 2.72 bits per heavy atom. The maximum atomic E-state index is 11.3. The number of hydrogen-bond acceptors (Lipinski definition) is 2. The van der Waals surface area contributed by atoms with E-state index in [1.54, 1.807) is 24.3 Å². The minimum Gasteiger partial charge on any atom is -0.478 e. The van der Waals surface area contributed by atoms with Gasteiger partial charge < -0.3 is 5.11 Å². The molecule has 1 aromatic heterocycles. The highest BCUT2D eigenvalue weighted by Crippen LogP contribution is 2.27. The van der Waals surface area contributed by atoms with Gasteiger partial charge in [-0.15, -0.1) is 11.3 Å². The van der Waals surface area contributed by atoms with Gasteiger partial charge in [-0.2, -0.15) is 0 Å². The van der Waals surface area contributed by atoms with E-state index in [2.05, 4.69) is 15.9 Å². The van der Waals surface area contributed by atoms with Crippen molar-refractivity contribution in [1.82, 2.24) is 0 Å². The molecule has 1 heterocycles. The second kappa shape index (κ2) is 5.69. The van der Waals surface area contributed by atoms with Crippen LogP contribution < -0.4 is 0 Å². The molecule has 2 nitrogen and oxygen atoms in total. The first kappa shape index (κ1) is 13.3. The zero-order chi connectivity index (χ0) is 13.1. The molecule has 0 saturated heterocycles. The summed E-state index contributed by atoms with van der Waals surface area (Å²) in [6.45, 7) is 0. The minimum absolute atomic E-state index is 0.267. The van der Waals surface area contributed by atoms with Crippen LogP contribution in [-0.4, -0.2) is 11.1 Å². The van der Waals surface area contributed by atoms with Crippen LogP contribution in [-0.2, 0) is 4.79 Å². The molecular formula is C13H8BrClO2S. The summed E-state index contributed by atoms with van der Waals surface area (Å²) < 4.78 is 0.786. The average Bonchev–Trinajstić information content (AvgIpc) is 2.83. The Morgan fingerprint density at radius 1 is 1.39 bits per heavy atom. The van der Waals surface area contributed by atoms with Crippen molar-refractivity contribution in [2.24, 2.45) is 0 Å². The fourth-order valence-electron chi connectivity index (χ4n) is 1.44. The van der Waals surface area contributed by atoms with Crippen LogP contribution in [0.2, 0.25) is 5.02 Å². The van der Waals surface area contributed by atoms with Crippen molar-refractivity contribution < 1.29 is 9.90 Å². The molecule has 0 aliphatic rings. The number of halogens is 2. The van der Waals surface area contributed by atoms with Crippen molar-refractivity contribution in [3.8, 4) is 0 Å². The normalized spacial score (nSPS) is 11.6. The number of rotatable bonds is 3. The fraction of sp³-hybridized carbons (Fsp3) is 0. The average molecular weight is 344 g/mol. The van der Waals surface area contributed by atoms with E-state index in [1.807, 2.05) is 17.5 Å². The predicted molar refractivity (Wildman–Crippen MR) is 79.0 cm³/mol. The molecule has 0 fully saturated rings. The summed E-state index contributed by atoms with van der Waals surface area (Å²) in [6.07, 6.45) is 1.62. The van der Waals surface area contributed by atoms with E-state index in [9.17, 15) is 9.90 Å². The van der Waals surface area contributed by atoms with E-state index >= 15 is 0 Å². The summed E-state index contributed by atoms with van der Waals surface area (Å²) >= 11 is 10.7. The van der Waals surface area contributed by atoms with Crippen molar-refractivity contribution in [3.63, 3.8) is 0 Å². The van der Waals surface area contributed by atoms with Crippen LogP contribution in [0.5, 0.6) is 0 Å². The van der Waals surface area contributed by atoms with E-state index in [0.717, 1.165) is 14.9 Å². The molecule has 0 saturated carbocycles. The van der Waals surface area contributed by atoms with Gasteiger partial charge in [0.05, 0.1) is 10.6 Å². The first-order chi connectivity index (χ1) is 8.58. The lowest BCUT2D eigenvalue weighted by Crippen LogP contribution is -1.97. The molecule has 0 unspecified atom stereocenters. The summed E-state index contributed by atoms with van der Waals surface area (Å²) in [4.78, 5) is 12.0. The number of aliphatic carboxylic acids is 1. The fourth-order valence-corrected chi connectivity index (χ4v) is 2.61. The molecular weight excluding hydrogens is 336 g/mol. The number of thiophene rings is 1. The van der Waals surface area contributed by atoms with Gasteiger partial charge in [-0.25, -0.2) is 4.79 Å². The van der Waals surface area contributed by atoms with Gasteiger partial charge in [-0.3, -0.25) is 0 Å². The molecule has 1 N–H and O–H groups in total. The van der Waals surface area contributed by atoms with Crippen LogP contribution in [0.3, 0.4) is 0 Å². The van der Waals surface area contributed by atoms with E-state index < -0.39 is 5.97 Å². The molecule has 0 atom stereocenters. The molecule has 0 bridgehead atoms. The smallest absolute Gasteiger partial charge is 0.337 e. The quantitative estimate of drug-likeness (QED) is 0.814. The van der Waals surface area contributed by atoms with Gasteiger partial charge in [0.2, 0.25) is 0 Å². The van der Waals surface area contributed by atoms with Gasteiger partial charge in [0.25, 0.3) is 0 Å². The summed E-state index contributed by atoms with van der Waals surface area (Å²) in [6, 6.07) is 8.94. The summed E-state index contributed by atoms with van der Waals surface area (Å²) in [5, 5.41) is 11.6. The van der Waals surface area contributed by atoms with Crippen molar-refractivity contribution in [2.75, 3.05) is 0 Å². The van der Waals surface area contributed by atoms with Crippen LogP contribution in [0.25, 0.3) is 11.6 Å².